The zero-order valence-electron chi connectivity index (χ0n) is 12.7. The number of benzene rings is 2. The van der Waals surface area contributed by atoms with E-state index in [1.54, 1.807) is 0 Å². The van der Waals surface area contributed by atoms with Gasteiger partial charge in [-0.15, -0.1) is 0 Å². The molecule has 1 heterocycles. The Hall–Kier alpha value is -1.71. The van der Waals surface area contributed by atoms with Gasteiger partial charge in [0.1, 0.15) is 0 Å². The molecule has 0 unspecified atom stereocenters. The van der Waals surface area contributed by atoms with Crippen LogP contribution in [0.3, 0.4) is 0 Å². The summed E-state index contributed by atoms with van der Waals surface area (Å²) in [5, 5.41) is 0.845. The number of anilines is 2. The Labute approximate surface area is 137 Å². The van der Waals surface area contributed by atoms with E-state index < -0.39 is 0 Å². The van der Waals surface area contributed by atoms with E-state index in [4.69, 9.17) is 17.3 Å². The second kappa shape index (κ2) is 7.03. The molecule has 1 saturated heterocycles. The Bertz CT molecular complexity index is 604. The fourth-order valence-corrected chi connectivity index (χ4v) is 3.15. The molecule has 0 aromatic heterocycles. The molecule has 4 heteroatoms. The molecule has 0 bridgehead atoms. The van der Waals surface area contributed by atoms with Gasteiger partial charge < -0.3 is 10.6 Å². The van der Waals surface area contributed by atoms with Crippen molar-refractivity contribution >= 4 is 23.0 Å². The molecule has 2 aromatic carbocycles. The number of nitrogen functional groups attached to an aromatic ring is 1. The van der Waals surface area contributed by atoms with Gasteiger partial charge in [0.15, 0.2) is 0 Å². The van der Waals surface area contributed by atoms with Crippen molar-refractivity contribution in [2.75, 3.05) is 43.4 Å². The number of hydrogen-bond acceptors (Lipinski definition) is 3. The number of piperazine rings is 1. The maximum atomic E-state index is 6.28. The normalized spacial score (nSPS) is 16.0. The first-order chi connectivity index (χ1) is 10.7. The number of nitrogens with two attached hydrogens (primary N) is 1. The number of hydrogen-bond donors (Lipinski definition) is 1. The minimum absolute atomic E-state index is 0.831. The van der Waals surface area contributed by atoms with Crippen molar-refractivity contribution in [2.45, 2.75) is 6.42 Å². The van der Waals surface area contributed by atoms with Crippen LogP contribution in [0.1, 0.15) is 5.56 Å². The maximum Gasteiger partial charge on any atom is 0.0639 e. The Balaban J connectivity index is 1.50. The fraction of sp³-hybridized carbons (Fsp3) is 0.333. The third-order valence-corrected chi connectivity index (χ3v) is 4.58. The lowest BCUT2D eigenvalue weighted by Crippen LogP contribution is -2.47. The van der Waals surface area contributed by atoms with Crippen LogP contribution in [0, 0.1) is 0 Å². The Morgan fingerprint density at radius 3 is 2.27 bits per heavy atom. The van der Waals surface area contributed by atoms with Crippen LogP contribution in [0.15, 0.2) is 48.5 Å². The summed E-state index contributed by atoms with van der Waals surface area (Å²) in [5.41, 5.74) is 9.06. The largest absolute Gasteiger partial charge is 0.399 e. The molecule has 1 aliphatic heterocycles. The summed E-state index contributed by atoms with van der Waals surface area (Å²) < 4.78 is 0. The van der Waals surface area contributed by atoms with Crippen molar-refractivity contribution < 1.29 is 0 Å². The van der Waals surface area contributed by atoms with Gasteiger partial charge in [-0.25, -0.2) is 0 Å². The van der Waals surface area contributed by atoms with Gasteiger partial charge >= 0.3 is 0 Å². The zero-order valence-corrected chi connectivity index (χ0v) is 13.5. The van der Waals surface area contributed by atoms with E-state index in [0.717, 1.165) is 55.5 Å². The predicted octanol–water partition coefficient (Wildman–Crippen LogP) is 3.29. The molecule has 0 aliphatic carbocycles. The average molecular weight is 316 g/mol. The molecule has 3 rings (SSSR count). The first-order valence-corrected chi connectivity index (χ1v) is 8.16. The van der Waals surface area contributed by atoms with Crippen LogP contribution in [0.2, 0.25) is 5.02 Å². The number of halogens is 1. The molecular formula is C18H22ClN3. The summed E-state index contributed by atoms with van der Waals surface area (Å²) in [6.45, 7) is 5.33. The summed E-state index contributed by atoms with van der Waals surface area (Å²) in [6.07, 6.45) is 1.08. The van der Waals surface area contributed by atoms with Crippen molar-refractivity contribution in [2.24, 2.45) is 0 Å². The lowest BCUT2D eigenvalue weighted by Gasteiger charge is -2.36. The summed E-state index contributed by atoms with van der Waals surface area (Å²) in [7, 11) is 0. The van der Waals surface area contributed by atoms with Crippen LogP contribution < -0.4 is 10.6 Å². The van der Waals surface area contributed by atoms with Crippen LogP contribution >= 0.6 is 11.6 Å². The van der Waals surface area contributed by atoms with Crippen LogP contribution in [-0.4, -0.2) is 37.6 Å². The van der Waals surface area contributed by atoms with Crippen molar-refractivity contribution in [1.29, 1.82) is 0 Å². The highest BCUT2D eigenvalue weighted by Crippen LogP contribution is 2.26. The number of rotatable bonds is 4. The van der Waals surface area contributed by atoms with Gasteiger partial charge in [-0.1, -0.05) is 35.9 Å². The molecule has 0 amide bonds. The van der Waals surface area contributed by atoms with Crippen LogP contribution in [0.4, 0.5) is 11.4 Å². The molecular weight excluding hydrogens is 294 g/mol. The summed E-state index contributed by atoms with van der Waals surface area (Å²) >= 11 is 6.28. The number of nitrogens with zero attached hydrogens (tertiary/aromatic N) is 2. The Kier molecular flexibility index (Phi) is 4.86. The molecule has 0 spiro atoms. The van der Waals surface area contributed by atoms with E-state index in [0.29, 0.717) is 0 Å². The minimum atomic E-state index is 0.831. The maximum absolute atomic E-state index is 6.28. The van der Waals surface area contributed by atoms with Crippen molar-refractivity contribution in [1.82, 2.24) is 4.90 Å². The van der Waals surface area contributed by atoms with Crippen LogP contribution in [0.5, 0.6) is 0 Å². The van der Waals surface area contributed by atoms with Gasteiger partial charge in [-0.2, -0.15) is 0 Å². The predicted molar refractivity (Wildman–Crippen MR) is 94.7 cm³/mol. The monoisotopic (exact) mass is 315 g/mol. The van der Waals surface area contributed by atoms with Crippen molar-refractivity contribution in [3.8, 4) is 0 Å². The fourth-order valence-electron chi connectivity index (χ4n) is 2.89. The standard InChI is InChI=1S/C18H22ClN3/c19-17-3-1-2-4-18(17)22-13-11-21(12-14-22)10-9-15-5-7-16(20)8-6-15/h1-8H,9-14,20H2. The molecule has 2 aromatic rings. The highest BCUT2D eigenvalue weighted by Gasteiger charge is 2.18. The number of para-hydroxylation sites is 1. The van der Waals surface area contributed by atoms with Gasteiger partial charge in [0, 0.05) is 38.4 Å². The molecule has 1 aliphatic rings. The second-order valence-electron chi connectivity index (χ2n) is 5.77. The van der Waals surface area contributed by atoms with Crippen LogP contribution in [0.25, 0.3) is 0 Å². The van der Waals surface area contributed by atoms with Gasteiger partial charge in [0.25, 0.3) is 0 Å². The molecule has 116 valence electrons. The molecule has 22 heavy (non-hydrogen) atoms. The van der Waals surface area contributed by atoms with E-state index >= 15 is 0 Å². The van der Waals surface area contributed by atoms with E-state index in [2.05, 4.69) is 34.1 Å². The average Bonchev–Trinajstić information content (AvgIpc) is 2.55. The van der Waals surface area contributed by atoms with Gasteiger partial charge in [0.2, 0.25) is 0 Å². The zero-order chi connectivity index (χ0) is 15.4. The summed E-state index contributed by atoms with van der Waals surface area (Å²) in [4.78, 5) is 4.89. The quantitative estimate of drug-likeness (QED) is 0.879. The molecule has 1 fully saturated rings. The second-order valence-corrected chi connectivity index (χ2v) is 6.18. The van der Waals surface area contributed by atoms with E-state index in [1.807, 2.05) is 24.3 Å². The molecule has 0 atom stereocenters. The Morgan fingerprint density at radius 1 is 0.909 bits per heavy atom. The summed E-state index contributed by atoms with van der Waals surface area (Å²) in [5.74, 6) is 0. The lowest BCUT2D eigenvalue weighted by atomic mass is 10.1. The SMILES string of the molecule is Nc1ccc(CCN2CCN(c3ccccc3Cl)CC2)cc1. The van der Waals surface area contributed by atoms with Crippen LogP contribution in [-0.2, 0) is 6.42 Å². The molecule has 2 N–H and O–H groups in total. The highest BCUT2D eigenvalue weighted by atomic mass is 35.5. The third kappa shape index (κ3) is 3.73. The topological polar surface area (TPSA) is 32.5 Å². The van der Waals surface area contributed by atoms with Gasteiger partial charge in [-0.3, -0.25) is 4.90 Å². The van der Waals surface area contributed by atoms with Gasteiger partial charge in [-0.05, 0) is 36.2 Å². The first-order valence-electron chi connectivity index (χ1n) is 7.78. The van der Waals surface area contributed by atoms with Crippen molar-refractivity contribution in [3.63, 3.8) is 0 Å². The van der Waals surface area contributed by atoms with Gasteiger partial charge in [0.05, 0.1) is 10.7 Å². The smallest absolute Gasteiger partial charge is 0.0639 e. The van der Waals surface area contributed by atoms with E-state index in [-0.39, 0.29) is 0 Å². The Morgan fingerprint density at radius 2 is 1.59 bits per heavy atom. The highest BCUT2D eigenvalue weighted by molar-refractivity contribution is 6.33. The van der Waals surface area contributed by atoms with Crippen molar-refractivity contribution in [3.05, 3.63) is 59.1 Å². The van der Waals surface area contributed by atoms with E-state index in [9.17, 15) is 0 Å². The first kappa shape index (κ1) is 15.2. The molecule has 0 radical (unpaired) electrons. The minimum Gasteiger partial charge on any atom is -0.399 e. The molecule has 3 nitrogen and oxygen atoms in total. The van der Waals surface area contributed by atoms with E-state index in [1.165, 1.54) is 5.56 Å². The lowest BCUT2D eigenvalue weighted by molar-refractivity contribution is 0.261. The molecule has 0 saturated carbocycles. The third-order valence-electron chi connectivity index (χ3n) is 4.26. The summed E-state index contributed by atoms with van der Waals surface area (Å²) in [6, 6.07) is 16.3.